The van der Waals surface area contributed by atoms with Crippen LogP contribution in [0.3, 0.4) is 0 Å². The van der Waals surface area contributed by atoms with Crippen molar-refractivity contribution in [1.82, 2.24) is 4.90 Å². The monoisotopic (exact) mass is 279 g/mol. The molecule has 2 rings (SSSR count). The Labute approximate surface area is 120 Å². The molecule has 3 heteroatoms. The molecule has 0 saturated carbocycles. The summed E-state index contributed by atoms with van der Waals surface area (Å²) < 4.78 is 0. The zero-order chi connectivity index (χ0) is 14.0. The van der Waals surface area contributed by atoms with E-state index in [0.717, 1.165) is 31.5 Å². The lowest BCUT2D eigenvalue weighted by atomic mass is 9.87. The number of hydrogen-bond acceptors (Lipinski definition) is 2. The van der Waals surface area contributed by atoms with Crippen LogP contribution in [0.1, 0.15) is 44.0 Å². The van der Waals surface area contributed by atoms with E-state index in [1.807, 2.05) is 12.1 Å². The van der Waals surface area contributed by atoms with Crippen molar-refractivity contribution >= 4 is 17.4 Å². The number of ketones is 1. The summed E-state index contributed by atoms with van der Waals surface area (Å²) in [6.45, 7) is 8.71. The van der Waals surface area contributed by atoms with E-state index in [0.29, 0.717) is 5.02 Å². The molecule has 1 aliphatic heterocycles. The molecule has 0 amide bonds. The van der Waals surface area contributed by atoms with Crippen molar-refractivity contribution in [3.8, 4) is 0 Å². The van der Waals surface area contributed by atoms with E-state index in [9.17, 15) is 4.79 Å². The van der Waals surface area contributed by atoms with Crippen molar-refractivity contribution in [2.24, 2.45) is 5.92 Å². The summed E-state index contributed by atoms with van der Waals surface area (Å²) >= 11 is 5.85. The van der Waals surface area contributed by atoms with Gasteiger partial charge in [0.2, 0.25) is 0 Å². The van der Waals surface area contributed by atoms with E-state index < -0.39 is 0 Å². The molecule has 2 nitrogen and oxygen atoms in total. The lowest BCUT2D eigenvalue weighted by molar-refractivity contribution is 0.0675. The first-order chi connectivity index (χ1) is 8.88. The fourth-order valence-corrected chi connectivity index (χ4v) is 2.79. The second-order valence-electron chi connectivity index (χ2n) is 6.30. The highest BCUT2D eigenvalue weighted by molar-refractivity contribution is 6.30. The molecule has 0 atom stereocenters. The summed E-state index contributed by atoms with van der Waals surface area (Å²) in [5, 5.41) is 0.680. The molecule has 0 unspecified atom stereocenters. The molecule has 0 radical (unpaired) electrons. The summed E-state index contributed by atoms with van der Waals surface area (Å²) in [7, 11) is 0. The fourth-order valence-electron chi connectivity index (χ4n) is 2.66. The Bertz CT molecular complexity index is 439. The van der Waals surface area contributed by atoms with Gasteiger partial charge in [0, 0.05) is 22.0 Å². The van der Waals surface area contributed by atoms with Crippen LogP contribution in [0.2, 0.25) is 5.02 Å². The first-order valence-corrected chi connectivity index (χ1v) is 7.30. The van der Waals surface area contributed by atoms with Gasteiger partial charge in [0.1, 0.15) is 0 Å². The number of piperidine rings is 1. The molecular formula is C16H22ClNO. The van der Waals surface area contributed by atoms with Crippen LogP contribution in [0.5, 0.6) is 0 Å². The molecule has 1 aromatic rings. The van der Waals surface area contributed by atoms with Crippen molar-refractivity contribution in [1.29, 1.82) is 0 Å². The molecule has 1 heterocycles. The molecule has 104 valence electrons. The fraction of sp³-hybridized carbons (Fsp3) is 0.562. The first-order valence-electron chi connectivity index (χ1n) is 6.93. The molecular weight excluding hydrogens is 258 g/mol. The predicted octanol–water partition coefficient (Wildman–Crippen LogP) is 4.03. The van der Waals surface area contributed by atoms with Crippen molar-refractivity contribution in [2.75, 3.05) is 13.1 Å². The van der Waals surface area contributed by atoms with Gasteiger partial charge in [-0.25, -0.2) is 0 Å². The standard InChI is InChI=1S/C16H22ClNO/c1-16(2,3)18-10-8-13(9-11-18)15(19)12-4-6-14(17)7-5-12/h4-7,13H,8-11H2,1-3H3. The van der Waals surface area contributed by atoms with E-state index in [1.54, 1.807) is 12.1 Å². The molecule has 0 N–H and O–H groups in total. The minimum Gasteiger partial charge on any atom is -0.298 e. The number of Topliss-reactive ketones (excluding diaryl/α,β-unsaturated/α-hetero) is 1. The van der Waals surface area contributed by atoms with Crippen LogP contribution in [0, 0.1) is 5.92 Å². The SMILES string of the molecule is CC(C)(C)N1CCC(C(=O)c2ccc(Cl)cc2)CC1. The van der Waals surface area contributed by atoms with Crippen LogP contribution in [-0.4, -0.2) is 29.3 Å². The number of likely N-dealkylation sites (tertiary alicyclic amines) is 1. The maximum atomic E-state index is 12.4. The maximum Gasteiger partial charge on any atom is 0.166 e. The highest BCUT2D eigenvalue weighted by Crippen LogP contribution is 2.26. The van der Waals surface area contributed by atoms with Gasteiger partial charge in [0.15, 0.2) is 5.78 Å². The number of rotatable bonds is 2. The van der Waals surface area contributed by atoms with E-state index in [1.165, 1.54) is 0 Å². The van der Waals surface area contributed by atoms with Crippen LogP contribution in [0.25, 0.3) is 0 Å². The molecule has 0 aliphatic carbocycles. The van der Waals surface area contributed by atoms with Gasteiger partial charge in [-0.2, -0.15) is 0 Å². The van der Waals surface area contributed by atoms with Crippen molar-refractivity contribution in [3.05, 3.63) is 34.9 Å². The molecule has 0 aromatic heterocycles. The van der Waals surface area contributed by atoms with Gasteiger partial charge in [0.25, 0.3) is 0 Å². The highest BCUT2D eigenvalue weighted by atomic mass is 35.5. The maximum absolute atomic E-state index is 12.4. The van der Waals surface area contributed by atoms with Crippen molar-refractivity contribution < 1.29 is 4.79 Å². The Hall–Kier alpha value is -0.860. The first kappa shape index (κ1) is 14.5. The number of halogens is 1. The molecule has 1 aliphatic rings. The van der Waals surface area contributed by atoms with Crippen LogP contribution < -0.4 is 0 Å². The average Bonchev–Trinajstić information content (AvgIpc) is 2.38. The Morgan fingerprint density at radius 2 is 1.68 bits per heavy atom. The van der Waals surface area contributed by atoms with Gasteiger partial charge in [-0.15, -0.1) is 0 Å². The molecule has 1 fully saturated rings. The molecule has 1 aromatic carbocycles. The van der Waals surface area contributed by atoms with Crippen molar-refractivity contribution in [3.63, 3.8) is 0 Å². The zero-order valence-corrected chi connectivity index (χ0v) is 12.7. The van der Waals surface area contributed by atoms with Crippen LogP contribution in [0.15, 0.2) is 24.3 Å². The zero-order valence-electron chi connectivity index (χ0n) is 11.9. The topological polar surface area (TPSA) is 20.3 Å². The summed E-state index contributed by atoms with van der Waals surface area (Å²) in [6.07, 6.45) is 1.91. The van der Waals surface area contributed by atoms with Gasteiger partial charge < -0.3 is 0 Å². The van der Waals surface area contributed by atoms with Crippen LogP contribution in [0.4, 0.5) is 0 Å². The summed E-state index contributed by atoms with van der Waals surface area (Å²) in [5.74, 6) is 0.435. The van der Waals surface area contributed by atoms with Gasteiger partial charge in [-0.1, -0.05) is 11.6 Å². The van der Waals surface area contributed by atoms with Crippen LogP contribution >= 0.6 is 11.6 Å². The second-order valence-corrected chi connectivity index (χ2v) is 6.74. The Morgan fingerprint density at radius 3 is 2.16 bits per heavy atom. The number of carbonyl (C=O) groups excluding carboxylic acids is 1. The van der Waals surface area contributed by atoms with E-state index in [4.69, 9.17) is 11.6 Å². The smallest absolute Gasteiger partial charge is 0.166 e. The van der Waals surface area contributed by atoms with Gasteiger partial charge in [0.05, 0.1) is 0 Å². The third-order valence-corrected chi connectivity index (χ3v) is 4.20. The minimum absolute atomic E-state index is 0.166. The summed E-state index contributed by atoms with van der Waals surface area (Å²) in [5.41, 5.74) is 0.993. The number of benzene rings is 1. The van der Waals surface area contributed by atoms with Gasteiger partial charge >= 0.3 is 0 Å². The van der Waals surface area contributed by atoms with E-state index in [2.05, 4.69) is 25.7 Å². The number of nitrogens with zero attached hydrogens (tertiary/aromatic N) is 1. The largest absolute Gasteiger partial charge is 0.298 e. The third-order valence-electron chi connectivity index (χ3n) is 3.94. The van der Waals surface area contributed by atoms with Crippen LogP contribution in [-0.2, 0) is 0 Å². The van der Waals surface area contributed by atoms with Gasteiger partial charge in [-0.3, -0.25) is 9.69 Å². The molecule has 0 bridgehead atoms. The normalized spacial score (nSPS) is 18.5. The Balaban J connectivity index is 1.98. The summed E-state index contributed by atoms with van der Waals surface area (Å²) in [6, 6.07) is 7.25. The average molecular weight is 280 g/mol. The number of carbonyl (C=O) groups is 1. The van der Waals surface area contributed by atoms with Gasteiger partial charge in [-0.05, 0) is 71.0 Å². The third kappa shape index (κ3) is 3.58. The predicted molar refractivity (Wildman–Crippen MR) is 79.8 cm³/mol. The van der Waals surface area contributed by atoms with E-state index >= 15 is 0 Å². The Morgan fingerprint density at radius 1 is 1.16 bits per heavy atom. The number of hydrogen-bond donors (Lipinski definition) is 0. The summed E-state index contributed by atoms with van der Waals surface area (Å²) in [4.78, 5) is 14.9. The Kier molecular flexibility index (Phi) is 4.32. The lowest BCUT2D eigenvalue weighted by Gasteiger charge is -2.40. The molecule has 1 saturated heterocycles. The molecule has 0 spiro atoms. The quantitative estimate of drug-likeness (QED) is 0.762. The molecule has 19 heavy (non-hydrogen) atoms. The van der Waals surface area contributed by atoms with E-state index in [-0.39, 0.29) is 17.2 Å². The lowest BCUT2D eigenvalue weighted by Crippen LogP contribution is -2.47. The minimum atomic E-state index is 0.166. The van der Waals surface area contributed by atoms with Crippen molar-refractivity contribution in [2.45, 2.75) is 39.2 Å². The second kappa shape index (κ2) is 5.64. The highest BCUT2D eigenvalue weighted by Gasteiger charge is 2.30.